The van der Waals surface area contributed by atoms with Crippen molar-refractivity contribution in [1.82, 2.24) is 10.3 Å². The molecule has 2 aromatic carbocycles. The Morgan fingerprint density at radius 2 is 1.46 bits per heavy atom. The molecule has 0 aliphatic carbocycles. The molecule has 1 heterocycles. The van der Waals surface area contributed by atoms with E-state index in [4.69, 9.17) is 9.47 Å². The lowest BCUT2D eigenvalue weighted by molar-refractivity contribution is 0.411. The molecule has 0 fully saturated rings. The van der Waals surface area contributed by atoms with Gasteiger partial charge in [-0.15, -0.1) is 0 Å². The maximum absolute atomic E-state index is 5.75. The van der Waals surface area contributed by atoms with E-state index in [1.807, 2.05) is 43.4 Å². The van der Waals surface area contributed by atoms with Crippen LogP contribution in [0.5, 0.6) is 17.4 Å². The summed E-state index contributed by atoms with van der Waals surface area (Å²) in [5.41, 5.74) is 3.76. The summed E-state index contributed by atoms with van der Waals surface area (Å²) in [7, 11) is 3.53. The number of aryl methyl sites for hydroxylation is 2. The number of ether oxygens (including phenoxy) is 2. The lowest BCUT2D eigenvalue weighted by Gasteiger charge is -2.09. The first-order chi connectivity index (χ1) is 12.6. The maximum atomic E-state index is 5.75. The van der Waals surface area contributed by atoms with E-state index in [0.717, 1.165) is 23.6 Å². The van der Waals surface area contributed by atoms with Crippen LogP contribution in [-0.4, -0.2) is 19.1 Å². The highest BCUT2D eigenvalue weighted by atomic mass is 16.5. The fraction of sp³-hybridized carbons (Fsp3) is 0.227. The molecule has 0 aliphatic rings. The molecule has 4 nitrogen and oxygen atoms in total. The molecule has 3 rings (SSSR count). The van der Waals surface area contributed by atoms with Crippen molar-refractivity contribution in [3.8, 4) is 17.4 Å². The molecule has 136 valence electrons. The molecule has 0 radical (unpaired) electrons. The Morgan fingerprint density at radius 1 is 0.846 bits per heavy atom. The molecule has 26 heavy (non-hydrogen) atoms. The smallest absolute Gasteiger partial charge is 0.223 e. The molecule has 1 N–H and O–H groups in total. The zero-order chi connectivity index (χ0) is 18.8. The van der Waals surface area contributed by atoms with Crippen LogP contribution in [0.2, 0.25) is 0 Å². The summed E-state index contributed by atoms with van der Waals surface area (Å²) < 4.78 is 10.9. The van der Waals surface area contributed by atoms with Gasteiger partial charge in [0.25, 0.3) is 0 Å². The van der Waals surface area contributed by atoms with Crippen molar-refractivity contribution in [1.29, 1.82) is 0 Å². The lowest BCUT2D eigenvalue weighted by Crippen LogP contribution is -2.07. The van der Waals surface area contributed by atoms with Gasteiger partial charge in [-0.1, -0.05) is 30.3 Å². The van der Waals surface area contributed by atoms with Gasteiger partial charge in [-0.2, -0.15) is 0 Å². The molecule has 0 unspecified atom stereocenters. The number of hydrogen-bond donors (Lipinski definition) is 1. The molecule has 0 saturated carbocycles. The first-order valence-electron chi connectivity index (χ1n) is 8.56. The minimum atomic E-state index is 0.622. The average Bonchev–Trinajstić information content (AvgIpc) is 2.67. The third-order valence-electron chi connectivity index (χ3n) is 3.92. The summed E-state index contributed by atoms with van der Waals surface area (Å²) in [6, 6.07) is 19.7. The predicted molar refractivity (Wildman–Crippen MR) is 106 cm³/mol. The summed E-state index contributed by atoms with van der Waals surface area (Å²) in [4.78, 5) is 4.24. The molecule has 0 amide bonds. The maximum Gasteiger partial charge on any atom is 0.223 e. The van der Waals surface area contributed by atoms with Gasteiger partial charge in [-0.05, 0) is 62.4 Å². The normalized spacial score (nSPS) is 9.85. The van der Waals surface area contributed by atoms with E-state index in [9.17, 15) is 0 Å². The minimum Gasteiger partial charge on any atom is -0.497 e. The first kappa shape index (κ1) is 19.5. The number of methoxy groups -OCH3 is 1. The number of nitrogens with one attached hydrogen (secondary N) is 1. The van der Waals surface area contributed by atoms with Gasteiger partial charge in [0.2, 0.25) is 5.88 Å². The predicted octanol–water partition coefficient (Wildman–Crippen LogP) is 4.91. The summed E-state index contributed by atoms with van der Waals surface area (Å²) >= 11 is 0. The van der Waals surface area contributed by atoms with Gasteiger partial charge in [0.1, 0.15) is 11.5 Å². The standard InChI is InChI=1S/C14H16N2O2.C8H10/c1-15-10-11-4-3-9-16-14(11)18-13-7-5-12(17-2)6-8-13;1-7-5-3-4-6-8(7)2/h3-9,15H,10H2,1-2H3;3-6H,1-2H3. The van der Waals surface area contributed by atoms with Gasteiger partial charge < -0.3 is 14.8 Å². The van der Waals surface area contributed by atoms with Crippen LogP contribution in [-0.2, 0) is 6.54 Å². The zero-order valence-corrected chi connectivity index (χ0v) is 15.8. The van der Waals surface area contributed by atoms with Crippen LogP contribution in [0.3, 0.4) is 0 Å². The van der Waals surface area contributed by atoms with Crippen molar-refractivity contribution in [3.63, 3.8) is 0 Å². The van der Waals surface area contributed by atoms with E-state index in [1.54, 1.807) is 13.3 Å². The van der Waals surface area contributed by atoms with Crippen LogP contribution in [0.1, 0.15) is 16.7 Å². The Morgan fingerprint density at radius 3 is 2.00 bits per heavy atom. The van der Waals surface area contributed by atoms with Gasteiger partial charge in [-0.3, -0.25) is 0 Å². The molecule has 0 aliphatic heterocycles. The fourth-order valence-corrected chi connectivity index (χ4v) is 2.26. The zero-order valence-electron chi connectivity index (χ0n) is 15.8. The highest BCUT2D eigenvalue weighted by Gasteiger charge is 2.05. The Labute approximate surface area is 155 Å². The fourth-order valence-electron chi connectivity index (χ4n) is 2.26. The van der Waals surface area contributed by atoms with E-state index in [2.05, 4.69) is 48.4 Å². The highest BCUT2D eigenvalue weighted by molar-refractivity contribution is 5.35. The van der Waals surface area contributed by atoms with Crippen molar-refractivity contribution in [2.45, 2.75) is 20.4 Å². The largest absolute Gasteiger partial charge is 0.497 e. The SMILES string of the molecule is CNCc1cccnc1Oc1ccc(OC)cc1.Cc1ccccc1C. The number of aromatic nitrogens is 1. The molecule has 4 heteroatoms. The molecule has 0 saturated heterocycles. The van der Waals surface area contributed by atoms with Crippen molar-refractivity contribution in [3.05, 3.63) is 83.6 Å². The van der Waals surface area contributed by atoms with Gasteiger partial charge in [0.15, 0.2) is 0 Å². The summed E-state index contributed by atoms with van der Waals surface area (Å²) in [5, 5.41) is 3.09. The molecule has 3 aromatic rings. The number of benzene rings is 2. The second-order valence-electron chi connectivity index (χ2n) is 5.86. The molecular weight excluding hydrogens is 324 g/mol. The number of pyridine rings is 1. The minimum absolute atomic E-state index is 0.622. The summed E-state index contributed by atoms with van der Waals surface area (Å²) in [6.07, 6.45) is 1.72. The number of hydrogen-bond acceptors (Lipinski definition) is 4. The van der Waals surface area contributed by atoms with Crippen molar-refractivity contribution < 1.29 is 9.47 Å². The van der Waals surface area contributed by atoms with E-state index in [0.29, 0.717) is 5.88 Å². The monoisotopic (exact) mass is 350 g/mol. The summed E-state index contributed by atoms with van der Waals surface area (Å²) in [6.45, 7) is 4.96. The van der Waals surface area contributed by atoms with Crippen LogP contribution in [0.4, 0.5) is 0 Å². The van der Waals surface area contributed by atoms with Gasteiger partial charge in [0, 0.05) is 18.3 Å². The molecule has 0 spiro atoms. The Hall–Kier alpha value is -2.85. The van der Waals surface area contributed by atoms with Crippen molar-refractivity contribution in [2.75, 3.05) is 14.2 Å². The summed E-state index contributed by atoms with van der Waals surface area (Å²) in [5.74, 6) is 2.17. The molecule has 0 atom stereocenters. The van der Waals surface area contributed by atoms with E-state index < -0.39 is 0 Å². The van der Waals surface area contributed by atoms with Gasteiger partial charge >= 0.3 is 0 Å². The topological polar surface area (TPSA) is 43.4 Å². The Balaban J connectivity index is 0.000000254. The van der Waals surface area contributed by atoms with Crippen LogP contribution >= 0.6 is 0 Å². The van der Waals surface area contributed by atoms with Crippen LogP contribution < -0.4 is 14.8 Å². The number of rotatable bonds is 5. The third-order valence-corrected chi connectivity index (χ3v) is 3.92. The van der Waals surface area contributed by atoms with Crippen molar-refractivity contribution in [2.24, 2.45) is 0 Å². The second-order valence-corrected chi connectivity index (χ2v) is 5.86. The van der Waals surface area contributed by atoms with Crippen LogP contribution in [0.25, 0.3) is 0 Å². The van der Waals surface area contributed by atoms with Crippen molar-refractivity contribution >= 4 is 0 Å². The van der Waals surface area contributed by atoms with Gasteiger partial charge in [0.05, 0.1) is 7.11 Å². The van der Waals surface area contributed by atoms with Crippen LogP contribution in [0, 0.1) is 13.8 Å². The van der Waals surface area contributed by atoms with E-state index in [1.165, 1.54) is 11.1 Å². The molecule has 1 aromatic heterocycles. The first-order valence-corrected chi connectivity index (χ1v) is 8.56. The van der Waals surface area contributed by atoms with Crippen LogP contribution in [0.15, 0.2) is 66.9 Å². The number of nitrogens with zero attached hydrogens (tertiary/aromatic N) is 1. The lowest BCUT2D eigenvalue weighted by atomic mass is 10.1. The van der Waals surface area contributed by atoms with E-state index >= 15 is 0 Å². The molecular formula is C22H26N2O2. The quantitative estimate of drug-likeness (QED) is 0.710. The average molecular weight is 350 g/mol. The highest BCUT2D eigenvalue weighted by Crippen LogP contribution is 2.24. The van der Waals surface area contributed by atoms with Gasteiger partial charge in [-0.25, -0.2) is 4.98 Å². The molecule has 0 bridgehead atoms. The Kier molecular flexibility index (Phi) is 7.65. The van der Waals surface area contributed by atoms with E-state index in [-0.39, 0.29) is 0 Å². The third kappa shape index (κ3) is 5.90. The second kappa shape index (κ2) is 10.2. The Bertz CT molecular complexity index is 780.